The van der Waals surface area contributed by atoms with Gasteiger partial charge in [-0.25, -0.2) is 0 Å². The predicted molar refractivity (Wildman–Crippen MR) is 116 cm³/mol. The highest BCUT2D eigenvalue weighted by Crippen LogP contribution is 2.34. The molecule has 0 unspecified atom stereocenters. The van der Waals surface area contributed by atoms with E-state index in [0.717, 1.165) is 5.56 Å². The second-order valence-electron chi connectivity index (χ2n) is 7.69. The molecule has 7 nitrogen and oxygen atoms in total. The van der Waals surface area contributed by atoms with Crippen LogP contribution in [0.25, 0.3) is 0 Å². The average molecular weight is 432 g/mol. The van der Waals surface area contributed by atoms with E-state index in [1.54, 1.807) is 18.2 Å². The number of carbonyl (C=O) groups is 2. The van der Waals surface area contributed by atoms with Crippen LogP contribution in [0.4, 0.5) is 5.69 Å². The summed E-state index contributed by atoms with van der Waals surface area (Å²) in [5.41, 5.74) is 2.97. The maximum atomic E-state index is 12.9. The highest BCUT2D eigenvalue weighted by Gasteiger charge is 2.30. The number of amides is 2. The quantitative estimate of drug-likeness (QED) is 0.677. The average Bonchev–Trinajstić information content (AvgIpc) is 3.19. The van der Waals surface area contributed by atoms with E-state index in [9.17, 15) is 9.59 Å². The van der Waals surface area contributed by atoms with Crippen LogP contribution in [0.5, 0.6) is 11.5 Å². The zero-order valence-electron chi connectivity index (χ0n) is 16.9. The number of halogens is 1. The summed E-state index contributed by atoms with van der Waals surface area (Å²) in [6.45, 7) is 4.64. The molecule has 2 aromatic rings. The van der Waals surface area contributed by atoms with Crippen molar-refractivity contribution < 1.29 is 19.1 Å². The molecule has 30 heavy (non-hydrogen) atoms. The third kappa shape index (κ3) is 4.68. The number of rotatable bonds is 5. The summed E-state index contributed by atoms with van der Waals surface area (Å²) in [4.78, 5) is 25.7. The van der Waals surface area contributed by atoms with Crippen molar-refractivity contribution in [3.05, 3.63) is 53.6 Å². The molecule has 0 fully saturated rings. The third-order valence-electron chi connectivity index (χ3n) is 5.28. The van der Waals surface area contributed by atoms with E-state index in [1.807, 2.05) is 32.0 Å². The SMILES string of the molecule is CC(C)[C@H](NC(=O)[C@@H]1Cc2ccccc2CN1)C(=O)Nc1ccc2c(c1)OCO2.Cl. The van der Waals surface area contributed by atoms with Gasteiger partial charge in [-0.05, 0) is 35.6 Å². The number of fused-ring (bicyclic) bond motifs is 2. The van der Waals surface area contributed by atoms with Gasteiger partial charge in [-0.15, -0.1) is 12.4 Å². The van der Waals surface area contributed by atoms with Crippen molar-refractivity contribution in [2.24, 2.45) is 5.92 Å². The lowest BCUT2D eigenvalue weighted by Crippen LogP contribution is -2.54. The molecule has 2 heterocycles. The monoisotopic (exact) mass is 431 g/mol. The summed E-state index contributed by atoms with van der Waals surface area (Å²) in [6.07, 6.45) is 0.608. The number of ether oxygens (including phenoxy) is 2. The number of benzene rings is 2. The lowest BCUT2D eigenvalue weighted by atomic mass is 9.94. The summed E-state index contributed by atoms with van der Waals surface area (Å²) >= 11 is 0. The first kappa shape index (κ1) is 21.9. The molecule has 2 amide bonds. The molecule has 2 atom stereocenters. The van der Waals surface area contributed by atoms with Gasteiger partial charge in [-0.3, -0.25) is 9.59 Å². The Labute approximate surface area is 181 Å². The van der Waals surface area contributed by atoms with E-state index in [4.69, 9.17) is 9.47 Å². The largest absolute Gasteiger partial charge is 0.454 e. The molecule has 0 aliphatic carbocycles. The van der Waals surface area contributed by atoms with Gasteiger partial charge in [0.2, 0.25) is 18.6 Å². The van der Waals surface area contributed by atoms with Crippen molar-refractivity contribution in [2.75, 3.05) is 12.1 Å². The van der Waals surface area contributed by atoms with Crippen LogP contribution in [0.15, 0.2) is 42.5 Å². The Morgan fingerprint density at radius 2 is 1.80 bits per heavy atom. The zero-order chi connectivity index (χ0) is 20.4. The molecule has 0 aromatic heterocycles. The second-order valence-corrected chi connectivity index (χ2v) is 7.69. The van der Waals surface area contributed by atoms with Crippen molar-refractivity contribution in [1.29, 1.82) is 0 Å². The fraction of sp³-hybridized carbons (Fsp3) is 0.364. The highest BCUT2D eigenvalue weighted by molar-refractivity contribution is 5.98. The zero-order valence-corrected chi connectivity index (χ0v) is 17.8. The van der Waals surface area contributed by atoms with Crippen LogP contribution in [0.3, 0.4) is 0 Å². The molecule has 0 saturated carbocycles. The second kappa shape index (κ2) is 9.36. The molecule has 2 aliphatic heterocycles. The molecule has 2 aliphatic rings. The van der Waals surface area contributed by atoms with Crippen LogP contribution in [0, 0.1) is 5.92 Å². The normalized spacial score (nSPS) is 17.5. The Balaban J connectivity index is 0.00000256. The summed E-state index contributed by atoms with van der Waals surface area (Å²) in [6, 6.07) is 12.3. The Morgan fingerprint density at radius 1 is 1.07 bits per heavy atom. The Kier molecular flexibility index (Phi) is 6.84. The number of hydrogen-bond donors (Lipinski definition) is 3. The van der Waals surface area contributed by atoms with E-state index in [0.29, 0.717) is 30.2 Å². The molecular weight excluding hydrogens is 406 g/mol. The van der Waals surface area contributed by atoms with E-state index < -0.39 is 6.04 Å². The fourth-order valence-electron chi connectivity index (χ4n) is 3.62. The van der Waals surface area contributed by atoms with Gasteiger partial charge >= 0.3 is 0 Å². The first-order chi connectivity index (χ1) is 14.0. The maximum absolute atomic E-state index is 12.9. The van der Waals surface area contributed by atoms with Crippen molar-refractivity contribution >= 4 is 29.9 Å². The summed E-state index contributed by atoms with van der Waals surface area (Å²) in [5.74, 6) is 0.754. The lowest BCUT2D eigenvalue weighted by molar-refractivity contribution is -0.128. The Morgan fingerprint density at radius 3 is 2.57 bits per heavy atom. The molecule has 3 N–H and O–H groups in total. The Bertz CT molecular complexity index is 934. The van der Waals surface area contributed by atoms with Gasteiger partial charge in [0.15, 0.2) is 11.5 Å². The molecule has 0 spiro atoms. The molecule has 0 saturated heterocycles. The van der Waals surface area contributed by atoms with Gasteiger partial charge in [-0.1, -0.05) is 38.1 Å². The standard InChI is InChI=1S/C22H25N3O4.ClH/c1-13(2)20(22(27)24-16-7-8-18-19(10-16)29-12-28-18)25-21(26)17-9-14-5-3-4-6-15(14)11-23-17;/h3-8,10,13,17,20,23H,9,11-12H2,1-2H3,(H,24,27)(H,25,26);1H/t17-,20-;/m0./s1. The van der Waals surface area contributed by atoms with Gasteiger partial charge < -0.3 is 25.4 Å². The smallest absolute Gasteiger partial charge is 0.247 e. The van der Waals surface area contributed by atoms with E-state index >= 15 is 0 Å². The van der Waals surface area contributed by atoms with Gasteiger partial charge in [0.05, 0.1) is 6.04 Å². The number of nitrogens with one attached hydrogen (secondary N) is 3. The van der Waals surface area contributed by atoms with Crippen molar-refractivity contribution in [3.63, 3.8) is 0 Å². The van der Waals surface area contributed by atoms with Gasteiger partial charge in [0, 0.05) is 18.3 Å². The minimum absolute atomic E-state index is 0. The van der Waals surface area contributed by atoms with Gasteiger partial charge in [0.25, 0.3) is 0 Å². The Hall–Kier alpha value is -2.77. The number of carbonyl (C=O) groups excluding carboxylic acids is 2. The maximum Gasteiger partial charge on any atom is 0.247 e. The van der Waals surface area contributed by atoms with Crippen molar-refractivity contribution in [3.8, 4) is 11.5 Å². The van der Waals surface area contributed by atoms with Gasteiger partial charge in [-0.2, -0.15) is 0 Å². The topological polar surface area (TPSA) is 88.7 Å². The predicted octanol–water partition coefficient (Wildman–Crippen LogP) is 2.63. The van der Waals surface area contributed by atoms with Crippen LogP contribution in [0.2, 0.25) is 0 Å². The third-order valence-corrected chi connectivity index (χ3v) is 5.28. The minimum atomic E-state index is -0.646. The van der Waals surface area contributed by atoms with E-state index in [2.05, 4.69) is 22.0 Å². The molecule has 8 heteroatoms. The summed E-state index contributed by atoms with van der Waals surface area (Å²) in [7, 11) is 0. The molecule has 2 aromatic carbocycles. The molecular formula is C22H26ClN3O4. The van der Waals surface area contributed by atoms with Crippen LogP contribution in [-0.4, -0.2) is 30.7 Å². The molecule has 4 rings (SSSR count). The summed E-state index contributed by atoms with van der Waals surface area (Å²) < 4.78 is 10.6. The van der Waals surface area contributed by atoms with Crippen LogP contribution in [0.1, 0.15) is 25.0 Å². The highest BCUT2D eigenvalue weighted by atomic mass is 35.5. The number of anilines is 1. The van der Waals surface area contributed by atoms with E-state index in [1.165, 1.54) is 5.56 Å². The molecule has 0 radical (unpaired) electrons. The first-order valence-corrected chi connectivity index (χ1v) is 9.82. The van der Waals surface area contributed by atoms with Gasteiger partial charge in [0.1, 0.15) is 6.04 Å². The molecule has 0 bridgehead atoms. The molecule has 160 valence electrons. The number of hydrogen-bond acceptors (Lipinski definition) is 5. The lowest BCUT2D eigenvalue weighted by Gasteiger charge is -2.28. The van der Waals surface area contributed by atoms with Crippen LogP contribution < -0.4 is 25.4 Å². The minimum Gasteiger partial charge on any atom is -0.454 e. The van der Waals surface area contributed by atoms with Crippen molar-refractivity contribution in [2.45, 2.75) is 38.9 Å². The van der Waals surface area contributed by atoms with Crippen LogP contribution >= 0.6 is 12.4 Å². The fourth-order valence-corrected chi connectivity index (χ4v) is 3.62. The van der Waals surface area contributed by atoms with E-state index in [-0.39, 0.29) is 43.0 Å². The first-order valence-electron chi connectivity index (χ1n) is 9.82. The summed E-state index contributed by atoms with van der Waals surface area (Å²) in [5, 5.41) is 9.05. The van der Waals surface area contributed by atoms with Crippen molar-refractivity contribution in [1.82, 2.24) is 10.6 Å². The van der Waals surface area contributed by atoms with Crippen LogP contribution in [-0.2, 0) is 22.6 Å².